The molecular formula is C40H47F4N3O4. The van der Waals surface area contributed by atoms with E-state index < -0.39 is 53.6 Å². The highest BCUT2D eigenvalue weighted by Gasteiger charge is 2.40. The highest BCUT2D eigenvalue weighted by Crippen LogP contribution is 2.42. The van der Waals surface area contributed by atoms with Gasteiger partial charge >= 0.3 is 12.1 Å². The highest BCUT2D eigenvalue weighted by molar-refractivity contribution is 5.82. The molecule has 274 valence electrons. The lowest BCUT2D eigenvalue weighted by Gasteiger charge is -2.34. The fourth-order valence-corrected chi connectivity index (χ4v) is 8.37. The van der Waals surface area contributed by atoms with Crippen molar-refractivity contribution in [3.8, 4) is 11.1 Å². The highest BCUT2D eigenvalue weighted by atomic mass is 19.4. The molecule has 1 amide bonds. The first-order valence-corrected chi connectivity index (χ1v) is 18.1. The van der Waals surface area contributed by atoms with Gasteiger partial charge in [-0.25, -0.2) is 4.39 Å². The zero-order chi connectivity index (χ0) is 36.8. The van der Waals surface area contributed by atoms with Gasteiger partial charge in [0, 0.05) is 18.3 Å². The molecule has 2 N–H and O–H groups in total. The molecule has 0 spiro atoms. The van der Waals surface area contributed by atoms with Crippen LogP contribution in [0.3, 0.4) is 0 Å². The molecule has 2 heterocycles. The fraction of sp³-hybridized carbons (Fsp3) is 0.525. The Morgan fingerprint density at radius 1 is 0.980 bits per heavy atom. The molecule has 2 fully saturated rings. The lowest BCUT2D eigenvalue weighted by atomic mass is 9.86. The van der Waals surface area contributed by atoms with Crippen LogP contribution < -0.4 is 10.9 Å². The fourth-order valence-electron chi connectivity index (χ4n) is 8.37. The van der Waals surface area contributed by atoms with Gasteiger partial charge in [-0.1, -0.05) is 19.9 Å². The van der Waals surface area contributed by atoms with Gasteiger partial charge in [-0.15, -0.1) is 0 Å². The summed E-state index contributed by atoms with van der Waals surface area (Å²) in [6, 6.07) is 5.69. The maximum Gasteiger partial charge on any atom is 0.416 e. The predicted octanol–water partition coefficient (Wildman–Crippen LogP) is 8.04. The number of alkyl halides is 3. The minimum absolute atomic E-state index is 0.0227. The molecule has 2 aliphatic carbocycles. The lowest BCUT2D eigenvalue weighted by molar-refractivity contribution is -0.139. The second-order valence-electron chi connectivity index (χ2n) is 15.2. The summed E-state index contributed by atoms with van der Waals surface area (Å²) in [6.45, 7) is 8.74. The SMILES string of the molecule is Cc1cc(F)cc(C)c1-c1cc([C@@H](CC(=O)O)NC(=O)[C@@H](CC(C)C)n2cc(C3CCN(C4CC4)CC3)c(C(F)(F)F)cc2=O)cc2c1CCC2. The number of hydrogen-bond acceptors (Lipinski definition) is 4. The smallest absolute Gasteiger partial charge is 0.416 e. The van der Waals surface area contributed by atoms with Gasteiger partial charge in [0.15, 0.2) is 0 Å². The van der Waals surface area contributed by atoms with E-state index in [1.807, 2.05) is 39.8 Å². The molecule has 2 atom stereocenters. The zero-order valence-corrected chi connectivity index (χ0v) is 29.7. The quantitative estimate of drug-likeness (QED) is 0.197. The van der Waals surface area contributed by atoms with Crippen molar-refractivity contribution in [3.05, 3.63) is 91.6 Å². The third-order valence-corrected chi connectivity index (χ3v) is 10.9. The predicted molar refractivity (Wildman–Crippen MR) is 187 cm³/mol. The Morgan fingerprint density at radius 3 is 2.24 bits per heavy atom. The summed E-state index contributed by atoms with van der Waals surface area (Å²) in [6.07, 6.45) is 1.94. The summed E-state index contributed by atoms with van der Waals surface area (Å²) < 4.78 is 58.6. The Hall–Kier alpha value is -3.99. The Balaban J connectivity index is 1.38. The minimum atomic E-state index is -4.74. The second-order valence-corrected chi connectivity index (χ2v) is 15.2. The van der Waals surface area contributed by atoms with Crippen LogP contribution in [0.15, 0.2) is 41.3 Å². The van der Waals surface area contributed by atoms with Crippen molar-refractivity contribution in [1.82, 2.24) is 14.8 Å². The molecule has 0 bridgehead atoms. The lowest BCUT2D eigenvalue weighted by Crippen LogP contribution is -2.41. The molecule has 51 heavy (non-hydrogen) atoms. The molecule has 7 nitrogen and oxygen atoms in total. The number of aliphatic carboxylic acids is 1. The normalized spacial score (nSPS) is 18.1. The monoisotopic (exact) mass is 709 g/mol. The number of pyridine rings is 1. The van der Waals surface area contributed by atoms with Gasteiger partial charge in [-0.3, -0.25) is 14.4 Å². The van der Waals surface area contributed by atoms with Gasteiger partial charge < -0.3 is 19.9 Å². The number of carboxylic acid groups (broad SMARTS) is 1. The van der Waals surface area contributed by atoms with Crippen molar-refractivity contribution < 1.29 is 32.3 Å². The van der Waals surface area contributed by atoms with Gasteiger partial charge in [-0.05, 0) is 153 Å². The van der Waals surface area contributed by atoms with E-state index in [4.69, 9.17) is 0 Å². The van der Waals surface area contributed by atoms with Gasteiger partial charge in [0.2, 0.25) is 5.91 Å². The van der Waals surface area contributed by atoms with E-state index in [0.717, 1.165) is 70.1 Å². The summed E-state index contributed by atoms with van der Waals surface area (Å²) in [5, 5.41) is 12.9. The average Bonchev–Trinajstić information content (AvgIpc) is 3.78. The van der Waals surface area contributed by atoms with Gasteiger partial charge in [0.1, 0.15) is 11.9 Å². The maximum atomic E-state index is 14.4. The topological polar surface area (TPSA) is 91.6 Å². The summed E-state index contributed by atoms with van der Waals surface area (Å²) in [5.41, 5.74) is 4.06. The number of rotatable bonds is 11. The first-order chi connectivity index (χ1) is 24.1. The van der Waals surface area contributed by atoms with E-state index in [1.54, 1.807) is 0 Å². The number of carbonyl (C=O) groups excluding carboxylic acids is 1. The first-order valence-electron chi connectivity index (χ1n) is 18.1. The molecule has 2 aromatic carbocycles. The summed E-state index contributed by atoms with van der Waals surface area (Å²) in [5.74, 6) is -2.67. The van der Waals surface area contributed by atoms with Gasteiger partial charge in [0.25, 0.3) is 5.56 Å². The van der Waals surface area contributed by atoms with E-state index in [2.05, 4.69) is 10.2 Å². The molecular weight excluding hydrogens is 662 g/mol. The number of amides is 1. The average molecular weight is 710 g/mol. The summed E-state index contributed by atoms with van der Waals surface area (Å²) >= 11 is 0. The maximum absolute atomic E-state index is 14.4. The number of likely N-dealkylation sites (tertiary alicyclic amines) is 1. The number of nitrogens with one attached hydrogen (secondary N) is 1. The standard InChI is InChI=1S/C40H47F4N3O4/c1-22(2)14-35(47-21-32(33(19-36(47)48)40(42,43)44)25-10-12-46(13-11-25)29-8-9-29)39(51)45-34(20-37(49)50)27-17-26-6-5-7-30(26)31(18-27)38-23(3)15-28(41)16-24(38)4/h15-19,21-22,25,29,34-35H,5-14,20H2,1-4H3,(H,45,51)(H,49,50)/t34-,35-/m1/s1. The largest absolute Gasteiger partial charge is 0.481 e. The Bertz CT molecular complexity index is 1850. The Kier molecular flexibility index (Phi) is 10.5. The summed E-state index contributed by atoms with van der Waals surface area (Å²) in [7, 11) is 0. The third kappa shape index (κ3) is 8.08. The number of carboxylic acids is 1. The Morgan fingerprint density at radius 2 is 1.65 bits per heavy atom. The molecule has 1 saturated heterocycles. The number of carbonyl (C=O) groups is 2. The number of aromatic nitrogens is 1. The van der Waals surface area contributed by atoms with Crippen LogP contribution in [0.5, 0.6) is 0 Å². The van der Waals surface area contributed by atoms with Crippen LogP contribution in [0.1, 0.15) is 116 Å². The number of piperidine rings is 1. The van der Waals surface area contributed by atoms with Crippen molar-refractivity contribution in [1.29, 1.82) is 0 Å². The van der Waals surface area contributed by atoms with Crippen LogP contribution in [-0.4, -0.2) is 45.6 Å². The number of hydrogen-bond donors (Lipinski definition) is 2. The molecule has 1 saturated carbocycles. The summed E-state index contributed by atoms with van der Waals surface area (Å²) in [4.78, 5) is 42.3. The number of aryl methyl sites for hydroxylation is 3. The number of fused-ring (bicyclic) bond motifs is 1. The number of halogens is 4. The molecule has 1 aromatic heterocycles. The van der Waals surface area contributed by atoms with E-state index >= 15 is 0 Å². The number of benzene rings is 2. The van der Waals surface area contributed by atoms with Crippen molar-refractivity contribution in [3.63, 3.8) is 0 Å². The van der Waals surface area contributed by atoms with Crippen molar-refractivity contribution in [2.24, 2.45) is 5.92 Å². The van der Waals surface area contributed by atoms with E-state index in [1.165, 1.54) is 18.3 Å². The second kappa shape index (κ2) is 14.6. The van der Waals surface area contributed by atoms with Crippen LogP contribution in [0.4, 0.5) is 17.6 Å². The van der Waals surface area contributed by atoms with E-state index in [9.17, 15) is 37.1 Å². The minimum Gasteiger partial charge on any atom is -0.481 e. The molecule has 11 heteroatoms. The molecule has 1 aliphatic heterocycles. The van der Waals surface area contributed by atoms with E-state index in [-0.39, 0.29) is 23.7 Å². The number of nitrogens with zero attached hydrogens (tertiary/aromatic N) is 2. The third-order valence-electron chi connectivity index (χ3n) is 10.9. The van der Waals surface area contributed by atoms with Crippen LogP contribution >= 0.6 is 0 Å². The van der Waals surface area contributed by atoms with Crippen molar-refractivity contribution in [2.75, 3.05) is 13.1 Å². The van der Waals surface area contributed by atoms with Gasteiger partial charge in [0.05, 0.1) is 18.0 Å². The van der Waals surface area contributed by atoms with Crippen LogP contribution in [0.25, 0.3) is 11.1 Å². The molecule has 0 radical (unpaired) electrons. The molecule has 0 unspecified atom stereocenters. The van der Waals surface area contributed by atoms with Gasteiger partial charge in [-0.2, -0.15) is 13.2 Å². The molecule has 3 aromatic rings. The van der Waals surface area contributed by atoms with Crippen LogP contribution in [-0.2, 0) is 28.6 Å². The van der Waals surface area contributed by atoms with Crippen molar-refractivity contribution in [2.45, 2.75) is 116 Å². The van der Waals surface area contributed by atoms with Crippen LogP contribution in [0, 0.1) is 25.6 Å². The first kappa shape index (κ1) is 36.8. The van der Waals surface area contributed by atoms with Crippen molar-refractivity contribution >= 4 is 11.9 Å². The van der Waals surface area contributed by atoms with Crippen LogP contribution in [0.2, 0.25) is 0 Å². The Labute approximate surface area is 296 Å². The molecule has 6 rings (SSSR count). The zero-order valence-electron chi connectivity index (χ0n) is 29.7. The molecule has 3 aliphatic rings. The van der Waals surface area contributed by atoms with E-state index in [0.29, 0.717) is 43.6 Å².